The van der Waals surface area contributed by atoms with E-state index in [0.717, 1.165) is 25.2 Å². The quantitative estimate of drug-likeness (QED) is 0.515. The summed E-state index contributed by atoms with van der Waals surface area (Å²) in [4.78, 5) is 0. The molecule has 9 heteroatoms. The smallest absolute Gasteiger partial charge is 0.355 e. The van der Waals surface area contributed by atoms with Gasteiger partial charge in [0.15, 0.2) is 10.1 Å². The van der Waals surface area contributed by atoms with Gasteiger partial charge in [0, 0.05) is 12.1 Å². The molecule has 0 aliphatic carbocycles. The SMILES string of the molecule is C[n+]1c(S(=O)(=O)[O-])cccc1S(=O)(=O)O. The van der Waals surface area contributed by atoms with Crippen LogP contribution in [0.25, 0.3) is 0 Å². The zero-order valence-corrected chi connectivity index (χ0v) is 9.12. The Hall–Kier alpha value is -1.03. The molecule has 0 fully saturated rings. The molecule has 84 valence electrons. The maximum atomic E-state index is 10.8. The Morgan fingerprint density at radius 1 is 1.20 bits per heavy atom. The number of rotatable bonds is 2. The predicted molar refractivity (Wildman–Crippen MR) is 45.4 cm³/mol. The molecule has 0 amide bonds. The molecule has 0 saturated carbocycles. The van der Waals surface area contributed by atoms with E-state index in [1.165, 1.54) is 0 Å². The van der Waals surface area contributed by atoms with Crippen molar-refractivity contribution in [2.75, 3.05) is 0 Å². The maximum Gasteiger partial charge on any atom is 0.355 e. The van der Waals surface area contributed by atoms with Gasteiger partial charge in [-0.2, -0.15) is 13.0 Å². The summed E-state index contributed by atoms with van der Waals surface area (Å²) in [5, 5.41) is -1.41. The monoisotopic (exact) mass is 253 g/mol. The minimum Gasteiger partial charge on any atom is -0.740 e. The van der Waals surface area contributed by atoms with Gasteiger partial charge in [0.25, 0.3) is 5.03 Å². The summed E-state index contributed by atoms with van der Waals surface area (Å²) in [7, 11) is -8.29. The first-order chi connectivity index (χ1) is 6.64. The molecule has 0 aliphatic rings. The van der Waals surface area contributed by atoms with Crippen LogP contribution in [0.5, 0.6) is 0 Å². The highest BCUT2D eigenvalue weighted by atomic mass is 32.2. The summed E-state index contributed by atoms with van der Waals surface area (Å²) in [6.07, 6.45) is 0. The first-order valence-corrected chi connectivity index (χ1v) is 6.41. The summed E-state index contributed by atoms with van der Waals surface area (Å²) in [6, 6.07) is 2.97. The lowest BCUT2D eigenvalue weighted by atomic mass is 10.5. The lowest BCUT2D eigenvalue weighted by molar-refractivity contribution is -0.747. The number of hydrogen-bond acceptors (Lipinski definition) is 5. The minimum absolute atomic E-state index is 0.595. The third kappa shape index (κ3) is 2.50. The molecule has 0 radical (unpaired) electrons. The summed E-state index contributed by atoms with van der Waals surface area (Å²) in [6.45, 7) is 0. The molecule has 7 nitrogen and oxygen atoms in total. The second kappa shape index (κ2) is 3.52. The van der Waals surface area contributed by atoms with Crippen molar-refractivity contribution in [2.45, 2.75) is 10.1 Å². The Bertz CT molecular complexity index is 538. The second-order valence-corrected chi connectivity index (χ2v) is 5.39. The molecule has 1 rings (SSSR count). The van der Waals surface area contributed by atoms with Crippen LogP contribution in [0.2, 0.25) is 0 Å². The van der Waals surface area contributed by atoms with Crippen LogP contribution in [0.15, 0.2) is 28.3 Å². The molecular formula is C6H7NO6S2. The van der Waals surface area contributed by atoms with E-state index < -0.39 is 30.3 Å². The van der Waals surface area contributed by atoms with Crippen LogP contribution in [0.3, 0.4) is 0 Å². The van der Waals surface area contributed by atoms with Crippen molar-refractivity contribution >= 4 is 20.2 Å². The molecule has 1 N–H and O–H groups in total. The van der Waals surface area contributed by atoms with Gasteiger partial charge in [-0.25, -0.2) is 8.42 Å². The van der Waals surface area contributed by atoms with Crippen LogP contribution >= 0.6 is 0 Å². The van der Waals surface area contributed by atoms with Crippen LogP contribution in [0.1, 0.15) is 0 Å². The molecule has 1 aromatic rings. The summed E-state index contributed by atoms with van der Waals surface area (Å²) in [5.41, 5.74) is 0. The zero-order chi connectivity index (χ0) is 11.9. The zero-order valence-electron chi connectivity index (χ0n) is 7.48. The molecular weight excluding hydrogens is 246 g/mol. The van der Waals surface area contributed by atoms with E-state index in [1.54, 1.807) is 0 Å². The van der Waals surface area contributed by atoms with Crippen molar-refractivity contribution in [3.63, 3.8) is 0 Å². The van der Waals surface area contributed by atoms with Crippen molar-refractivity contribution in [3.8, 4) is 0 Å². The highest BCUT2D eigenvalue weighted by Gasteiger charge is 2.26. The second-order valence-electron chi connectivity index (χ2n) is 2.69. The van der Waals surface area contributed by atoms with E-state index in [0.29, 0.717) is 4.57 Å². The van der Waals surface area contributed by atoms with E-state index in [1.807, 2.05) is 0 Å². The molecule has 1 heterocycles. The van der Waals surface area contributed by atoms with E-state index in [9.17, 15) is 21.4 Å². The van der Waals surface area contributed by atoms with Gasteiger partial charge < -0.3 is 4.55 Å². The van der Waals surface area contributed by atoms with Gasteiger partial charge >= 0.3 is 15.1 Å². The fourth-order valence-corrected chi connectivity index (χ4v) is 2.49. The summed E-state index contributed by atoms with van der Waals surface area (Å²) >= 11 is 0. The number of hydrogen-bond donors (Lipinski definition) is 1. The largest absolute Gasteiger partial charge is 0.740 e. The van der Waals surface area contributed by atoms with Crippen LogP contribution in [-0.4, -0.2) is 25.9 Å². The predicted octanol–water partition coefficient (Wildman–Crippen LogP) is -1.34. The van der Waals surface area contributed by atoms with Gasteiger partial charge in [-0.05, 0) is 6.07 Å². The molecule has 0 unspecified atom stereocenters. The standard InChI is InChI=1S/C6H7NO6S2/c1-7-5(14(8,9)10)3-2-4-6(7)15(11,12)13/h2-4H,1H3,(H-,8,9,10,11,12,13). The summed E-state index contributed by atoms with van der Waals surface area (Å²) < 4.78 is 62.9. The van der Waals surface area contributed by atoms with Gasteiger partial charge in [0.05, 0.1) is 0 Å². The Labute approximate surface area is 86.5 Å². The number of aromatic nitrogens is 1. The Morgan fingerprint density at radius 3 is 2.07 bits per heavy atom. The van der Waals surface area contributed by atoms with Gasteiger partial charge in [0.2, 0.25) is 0 Å². The molecule has 15 heavy (non-hydrogen) atoms. The first-order valence-electron chi connectivity index (χ1n) is 3.56. The van der Waals surface area contributed by atoms with E-state index in [2.05, 4.69) is 0 Å². The van der Waals surface area contributed by atoms with Crippen molar-refractivity contribution < 1.29 is 30.5 Å². The van der Waals surface area contributed by atoms with Crippen molar-refractivity contribution in [3.05, 3.63) is 18.2 Å². The van der Waals surface area contributed by atoms with Crippen LogP contribution in [0, 0.1) is 0 Å². The maximum absolute atomic E-state index is 10.8. The molecule has 0 aliphatic heterocycles. The van der Waals surface area contributed by atoms with Crippen LogP contribution in [-0.2, 0) is 27.3 Å². The fraction of sp³-hybridized carbons (Fsp3) is 0.167. The highest BCUT2D eigenvalue weighted by molar-refractivity contribution is 7.86. The lowest BCUT2D eigenvalue weighted by Crippen LogP contribution is -2.41. The first kappa shape index (κ1) is 12.0. The van der Waals surface area contributed by atoms with Gasteiger partial charge in [0.1, 0.15) is 7.05 Å². The third-order valence-electron chi connectivity index (χ3n) is 1.66. The summed E-state index contributed by atoms with van der Waals surface area (Å²) in [5.74, 6) is 0. The molecule has 0 saturated heterocycles. The topological polar surface area (TPSA) is 115 Å². The van der Waals surface area contributed by atoms with Crippen LogP contribution < -0.4 is 4.57 Å². The third-order valence-corrected chi connectivity index (χ3v) is 3.52. The van der Waals surface area contributed by atoms with E-state index in [4.69, 9.17) is 4.55 Å². The van der Waals surface area contributed by atoms with Gasteiger partial charge in [-0.1, -0.05) is 0 Å². The van der Waals surface area contributed by atoms with E-state index in [-0.39, 0.29) is 0 Å². The average Bonchev–Trinajstić information content (AvgIpc) is 1.99. The van der Waals surface area contributed by atoms with Crippen molar-refractivity contribution in [2.24, 2.45) is 7.05 Å². The Balaban J connectivity index is 3.65. The van der Waals surface area contributed by atoms with Gasteiger partial charge in [-0.15, -0.1) is 0 Å². The normalized spacial score (nSPS) is 12.7. The molecule has 0 aromatic carbocycles. The number of nitrogens with zero attached hydrogens (tertiary/aromatic N) is 1. The van der Waals surface area contributed by atoms with E-state index >= 15 is 0 Å². The minimum atomic E-state index is -4.78. The van der Waals surface area contributed by atoms with Crippen LogP contribution in [0.4, 0.5) is 0 Å². The number of pyridine rings is 1. The molecule has 0 bridgehead atoms. The molecule has 1 aromatic heterocycles. The Kier molecular flexibility index (Phi) is 2.83. The molecule has 0 spiro atoms. The lowest BCUT2D eigenvalue weighted by Gasteiger charge is -2.05. The fourth-order valence-electron chi connectivity index (χ4n) is 1.06. The van der Waals surface area contributed by atoms with Crippen molar-refractivity contribution in [1.29, 1.82) is 0 Å². The highest BCUT2D eigenvalue weighted by Crippen LogP contribution is 2.07. The van der Waals surface area contributed by atoms with Gasteiger partial charge in [-0.3, -0.25) is 4.55 Å². The molecule has 0 atom stereocenters. The average molecular weight is 253 g/mol. The van der Waals surface area contributed by atoms with Crippen molar-refractivity contribution in [1.82, 2.24) is 0 Å². The Morgan fingerprint density at radius 2 is 1.67 bits per heavy atom.